The highest BCUT2D eigenvalue weighted by Crippen LogP contribution is 2.24. The summed E-state index contributed by atoms with van der Waals surface area (Å²) in [4.78, 5) is 10.9. The number of carboxylic acids is 1. The van der Waals surface area contributed by atoms with Crippen LogP contribution in [-0.4, -0.2) is 24.7 Å². The third-order valence-electron chi connectivity index (χ3n) is 3.11. The summed E-state index contributed by atoms with van der Waals surface area (Å²) >= 11 is 0. The lowest BCUT2D eigenvalue weighted by Gasteiger charge is -2.12. The zero-order valence-corrected chi connectivity index (χ0v) is 14.1. The Kier molecular flexibility index (Phi) is 4.66. The molecule has 0 unspecified atom stereocenters. The van der Waals surface area contributed by atoms with Gasteiger partial charge in [0.1, 0.15) is 23.0 Å². The fraction of sp³-hybridized carbons (Fsp3) is 0.333. The highest BCUT2D eigenvalue weighted by atomic mass is 32.2. The van der Waals surface area contributed by atoms with Crippen molar-refractivity contribution < 1.29 is 27.2 Å². The molecule has 2 rings (SSSR count). The number of hydrogen-bond donors (Lipinski definition) is 2. The average Bonchev–Trinajstić information content (AvgIpc) is 2.88. The van der Waals surface area contributed by atoms with Gasteiger partial charge in [-0.2, -0.15) is 0 Å². The number of carbonyl (C=O) groups is 1. The molecule has 0 spiro atoms. The van der Waals surface area contributed by atoms with Crippen molar-refractivity contribution >= 4 is 21.7 Å². The van der Waals surface area contributed by atoms with Crippen LogP contribution in [0.25, 0.3) is 0 Å². The van der Waals surface area contributed by atoms with Gasteiger partial charge in [0.2, 0.25) is 10.0 Å². The number of carboxylic acid groups (broad SMARTS) is 1. The second-order valence-electron chi connectivity index (χ2n) is 6.29. The molecule has 1 aromatic carbocycles. The summed E-state index contributed by atoms with van der Waals surface area (Å²) in [7, 11) is -3.99. The van der Waals surface area contributed by atoms with Crippen LogP contribution >= 0.6 is 0 Å². The molecule has 0 amide bonds. The molecular formula is C15H17FN2O5S. The van der Waals surface area contributed by atoms with E-state index in [1.165, 1.54) is 6.07 Å². The predicted octanol–water partition coefficient (Wildman–Crippen LogP) is 2.75. The molecule has 0 aliphatic rings. The Morgan fingerprint density at radius 2 is 2.00 bits per heavy atom. The molecule has 7 nitrogen and oxygen atoms in total. The van der Waals surface area contributed by atoms with Crippen LogP contribution in [0.15, 0.2) is 28.8 Å². The van der Waals surface area contributed by atoms with Crippen molar-refractivity contribution in [2.75, 3.05) is 4.72 Å². The summed E-state index contributed by atoms with van der Waals surface area (Å²) in [6.45, 7) is 5.66. The number of sulfonamides is 1. The van der Waals surface area contributed by atoms with E-state index in [2.05, 4.69) is 5.16 Å². The molecule has 1 heterocycles. The number of rotatable bonds is 5. The van der Waals surface area contributed by atoms with Crippen LogP contribution in [0, 0.1) is 5.82 Å². The van der Waals surface area contributed by atoms with E-state index in [0.717, 1.165) is 18.2 Å². The maximum atomic E-state index is 13.7. The number of nitrogens with one attached hydrogen (secondary N) is 1. The van der Waals surface area contributed by atoms with Gasteiger partial charge in [0.05, 0.1) is 11.3 Å². The molecular weight excluding hydrogens is 339 g/mol. The molecule has 2 N–H and O–H groups in total. The van der Waals surface area contributed by atoms with Crippen LogP contribution in [0.3, 0.4) is 0 Å². The van der Waals surface area contributed by atoms with Crippen molar-refractivity contribution in [2.24, 2.45) is 0 Å². The Hall–Kier alpha value is -2.42. The number of benzene rings is 1. The van der Waals surface area contributed by atoms with Gasteiger partial charge in [-0.15, -0.1) is 0 Å². The molecule has 130 valence electrons. The standard InChI is InChI=1S/C15H17FN2O5S/c1-15(2,3)13-7-10(17-23-13)8-24(21,22)18-12-6-9(14(19)20)4-5-11(12)16/h4-7,18H,8H2,1-3H3,(H,19,20). The van der Waals surface area contributed by atoms with Gasteiger partial charge < -0.3 is 9.63 Å². The molecule has 0 saturated carbocycles. The van der Waals surface area contributed by atoms with Crippen LogP contribution in [0.5, 0.6) is 0 Å². The molecule has 0 atom stereocenters. The van der Waals surface area contributed by atoms with Crippen LogP contribution in [0.1, 0.15) is 42.6 Å². The van der Waals surface area contributed by atoms with Crippen LogP contribution < -0.4 is 4.72 Å². The van der Waals surface area contributed by atoms with E-state index in [1.54, 1.807) is 0 Å². The van der Waals surface area contributed by atoms with Gasteiger partial charge in [-0.1, -0.05) is 25.9 Å². The molecule has 9 heteroatoms. The first kappa shape index (κ1) is 17.9. The van der Waals surface area contributed by atoms with Crippen LogP contribution in [0.2, 0.25) is 0 Å². The maximum Gasteiger partial charge on any atom is 0.335 e. The summed E-state index contributed by atoms with van der Waals surface area (Å²) in [6.07, 6.45) is 0. The van der Waals surface area contributed by atoms with Gasteiger partial charge in [-0.3, -0.25) is 4.72 Å². The summed E-state index contributed by atoms with van der Waals surface area (Å²) < 4.78 is 45.2. The Labute approximate surface area is 138 Å². The van der Waals surface area contributed by atoms with Gasteiger partial charge in [0.25, 0.3) is 0 Å². The van der Waals surface area contributed by atoms with Crippen molar-refractivity contribution in [3.8, 4) is 0 Å². The lowest BCUT2D eigenvalue weighted by Crippen LogP contribution is -2.16. The second-order valence-corrected chi connectivity index (χ2v) is 8.02. The Morgan fingerprint density at radius 1 is 1.33 bits per heavy atom. The first-order valence-electron chi connectivity index (χ1n) is 6.97. The van der Waals surface area contributed by atoms with Gasteiger partial charge in [-0.05, 0) is 18.2 Å². The van der Waals surface area contributed by atoms with E-state index in [0.29, 0.717) is 5.76 Å². The van der Waals surface area contributed by atoms with E-state index >= 15 is 0 Å². The highest BCUT2D eigenvalue weighted by molar-refractivity contribution is 7.91. The van der Waals surface area contributed by atoms with Gasteiger partial charge in [0.15, 0.2) is 0 Å². The Morgan fingerprint density at radius 3 is 2.54 bits per heavy atom. The van der Waals surface area contributed by atoms with Crippen molar-refractivity contribution in [2.45, 2.75) is 31.9 Å². The number of aromatic carboxylic acids is 1. The maximum absolute atomic E-state index is 13.7. The van der Waals surface area contributed by atoms with Crippen molar-refractivity contribution in [3.63, 3.8) is 0 Å². The first-order chi connectivity index (χ1) is 11.0. The second kappa shape index (κ2) is 6.23. The predicted molar refractivity (Wildman–Crippen MR) is 84.8 cm³/mol. The monoisotopic (exact) mass is 356 g/mol. The van der Waals surface area contributed by atoms with Crippen LogP contribution in [0.4, 0.5) is 10.1 Å². The van der Waals surface area contributed by atoms with Crippen molar-refractivity contribution in [1.29, 1.82) is 0 Å². The van der Waals surface area contributed by atoms with E-state index in [4.69, 9.17) is 9.63 Å². The largest absolute Gasteiger partial charge is 0.478 e. The Balaban J connectivity index is 2.21. The lowest BCUT2D eigenvalue weighted by atomic mass is 9.93. The SMILES string of the molecule is CC(C)(C)c1cc(CS(=O)(=O)Nc2cc(C(=O)O)ccc2F)no1. The molecule has 0 radical (unpaired) electrons. The topological polar surface area (TPSA) is 110 Å². The quantitative estimate of drug-likeness (QED) is 0.852. The summed E-state index contributed by atoms with van der Waals surface area (Å²) in [5.74, 6) is -2.17. The van der Waals surface area contributed by atoms with Gasteiger partial charge >= 0.3 is 5.97 Å². The molecule has 2 aromatic rings. The molecule has 1 aromatic heterocycles. The smallest absolute Gasteiger partial charge is 0.335 e. The van der Waals surface area contributed by atoms with E-state index < -0.39 is 33.3 Å². The summed E-state index contributed by atoms with van der Waals surface area (Å²) in [5, 5.41) is 12.6. The number of halogens is 1. The fourth-order valence-corrected chi connectivity index (χ4v) is 2.96. The van der Waals surface area contributed by atoms with Crippen molar-refractivity contribution in [3.05, 3.63) is 47.1 Å². The minimum atomic E-state index is -3.99. The molecule has 0 aliphatic carbocycles. The lowest BCUT2D eigenvalue weighted by molar-refractivity contribution is 0.0697. The molecule has 0 saturated heterocycles. The van der Waals surface area contributed by atoms with E-state index in [9.17, 15) is 17.6 Å². The molecule has 0 aliphatic heterocycles. The summed E-state index contributed by atoms with van der Waals surface area (Å²) in [6, 6.07) is 4.36. The molecule has 0 fully saturated rings. The third kappa shape index (κ3) is 4.31. The fourth-order valence-electron chi connectivity index (χ4n) is 1.87. The van der Waals surface area contributed by atoms with E-state index in [1.807, 2.05) is 25.5 Å². The minimum Gasteiger partial charge on any atom is -0.478 e. The number of anilines is 1. The normalized spacial score (nSPS) is 12.2. The first-order valence-corrected chi connectivity index (χ1v) is 8.62. The zero-order chi connectivity index (χ0) is 18.1. The zero-order valence-electron chi connectivity index (χ0n) is 13.3. The Bertz CT molecular complexity index is 868. The van der Waals surface area contributed by atoms with Gasteiger partial charge in [0, 0.05) is 11.5 Å². The number of aromatic nitrogens is 1. The van der Waals surface area contributed by atoms with E-state index in [-0.39, 0.29) is 16.7 Å². The highest BCUT2D eigenvalue weighted by Gasteiger charge is 2.23. The van der Waals surface area contributed by atoms with Crippen LogP contribution in [-0.2, 0) is 21.2 Å². The average molecular weight is 356 g/mol. The van der Waals surface area contributed by atoms with Crippen molar-refractivity contribution in [1.82, 2.24) is 5.16 Å². The molecule has 24 heavy (non-hydrogen) atoms. The third-order valence-corrected chi connectivity index (χ3v) is 4.32. The number of hydrogen-bond acceptors (Lipinski definition) is 5. The number of nitrogens with zero attached hydrogens (tertiary/aromatic N) is 1. The van der Waals surface area contributed by atoms with Gasteiger partial charge in [-0.25, -0.2) is 17.6 Å². The molecule has 0 bridgehead atoms. The minimum absolute atomic E-state index is 0.169. The summed E-state index contributed by atoms with van der Waals surface area (Å²) in [5.41, 5.74) is -0.827.